The Bertz CT molecular complexity index is 1270. The van der Waals surface area contributed by atoms with Crippen molar-refractivity contribution in [1.82, 2.24) is 9.29 Å². The third-order valence-electron chi connectivity index (χ3n) is 4.63. The summed E-state index contributed by atoms with van der Waals surface area (Å²) in [5.74, 6) is 0.325. The van der Waals surface area contributed by atoms with Crippen LogP contribution in [0, 0.1) is 11.8 Å². The number of carbonyl (C=O) groups excluding carboxylic acids is 1. The van der Waals surface area contributed by atoms with Gasteiger partial charge in [-0.25, -0.2) is 13.4 Å². The first-order chi connectivity index (χ1) is 16.0. The SMILES string of the molecule is CC(C)CN(CC(C)C)S(=O)(=O)c1ccc2nc(NC(=O)COc3ccc(Cl)cc3Cl)sc2c1. The summed E-state index contributed by atoms with van der Waals surface area (Å²) in [6.07, 6.45) is 0. The van der Waals surface area contributed by atoms with Crippen molar-refractivity contribution in [3.05, 3.63) is 46.4 Å². The summed E-state index contributed by atoms with van der Waals surface area (Å²) in [6.45, 7) is 8.60. The number of rotatable bonds is 10. The van der Waals surface area contributed by atoms with Gasteiger partial charge >= 0.3 is 0 Å². The van der Waals surface area contributed by atoms with Crippen LogP contribution in [0.4, 0.5) is 5.13 Å². The summed E-state index contributed by atoms with van der Waals surface area (Å²) in [5.41, 5.74) is 0.597. The van der Waals surface area contributed by atoms with Gasteiger partial charge < -0.3 is 4.74 Å². The minimum absolute atomic E-state index is 0.201. The van der Waals surface area contributed by atoms with E-state index in [1.165, 1.54) is 21.7 Å². The zero-order valence-corrected chi connectivity index (χ0v) is 22.5. The lowest BCUT2D eigenvalue weighted by Crippen LogP contribution is -2.37. The molecule has 2 aromatic carbocycles. The number of ether oxygens (including phenoxy) is 1. The Labute approximate surface area is 214 Å². The lowest BCUT2D eigenvalue weighted by atomic mass is 10.2. The minimum atomic E-state index is -3.66. The number of nitrogens with one attached hydrogen (secondary N) is 1. The van der Waals surface area contributed by atoms with E-state index in [1.807, 2.05) is 27.7 Å². The lowest BCUT2D eigenvalue weighted by molar-refractivity contribution is -0.118. The fraction of sp³-hybridized carbons (Fsp3) is 0.391. The van der Waals surface area contributed by atoms with E-state index in [9.17, 15) is 13.2 Å². The van der Waals surface area contributed by atoms with Crippen LogP contribution in [0.2, 0.25) is 10.0 Å². The van der Waals surface area contributed by atoms with Crippen molar-refractivity contribution in [1.29, 1.82) is 0 Å². The van der Waals surface area contributed by atoms with Gasteiger partial charge in [-0.3, -0.25) is 10.1 Å². The molecule has 3 aromatic rings. The first-order valence-corrected chi connectivity index (χ1v) is 13.8. The van der Waals surface area contributed by atoms with Crippen molar-refractivity contribution in [2.45, 2.75) is 32.6 Å². The van der Waals surface area contributed by atoms with Crippen LogP contribution < -0.4 is 10.1 Å². The van der Waals surface area contributed by atoms with Crippen molar-refractivity contribution < 1.29 is 17.9 Å². The van der Waals surface area contributed by atoms with Gasteiger partial charge in [-0.1, -0.05) is 62.2 Å². The van der Waals surface area contributed by atoms with E-state index < -0.39 is 15.9 Å². The van der Waals surface area contributed by atoms with Gasteiger partial charge in [0.25, 0.3) is 5.91 Å². The second-order valence-electron chi connectivity index (χ2n) is 8.67. The number of benzene rings is 2. The highest BCUT2D eigenvalue weighted by atomic mass is 35.5. The van der Waals surface area contributed by atoms with Crippen molar-refractivity contribution >= 4 is 65.8 Å². The molecule has 7 nitrogen and oxygen atoms in total. The Morgan fingerprint density at radius 3 is 2.38 bits per heavy atom. The van der Waals surface area contributed by atoms with E-state index in [-0.39, 0.29) is 23.3 Å². The average Bonchev–Trinajstić information content (AvgIpc) is 3.13. The predicted molar refractivity (Wildman–Crippen MR) is 139 cm³/mol. The number of anilines is 1. The number of carbonyl (C=O) groups is 1. The molecule has 0 saturated heterocycles. The maximum Gasteiger partial charge on any atom is 0.264 e. The fourth-order valence-electron chi connectivity index (χ4n) is 3.24. The molecule has 0 fully saturated rings. The summed E-state index contributed by atoms with van der Waals surface area (Å²) in [4.78, 5) is 16.9. The van der Waals surface area contributed by atoms with Gasteiger partial charge in [0.2, 0.25) is 10.0 Å². The molecule has 34 heavy (non-hydrogen) atoms. The zero-order chi connectivity index (χ0) is 25.0. The molecule has 0 aliphatic carbocycles. The van der Waals surface area contributed by atoms with Gasteiger partial charge in [-0.05, 0) is 48.2 Å². The van der Waals surface area contributed by atoms with Gasteiger partial charge in [0.15, 0.2) is 11.7 Å². The Kier molecular flexibility index (Phi) is 8.81. The average molecular weight is 545 g/mol. The highest BCUT2D eigenvalue weighted by molar-refractivity contribution is 7.89. The van der Waals surface area contributed by atoms with E-state index in [0.717, 1.165) is 0 Å². The Morgan fingerprint density at radius 2 is 1.76 bits per heavy atom. The van der Waals surface area contributed by atoms with Gasteiger partial charge in [-0.15, -0.1) is 0 Å². The summed E-state index contributed by atoms with van der Waals surface area (Å²) in [5, 5.41) is 3.80. The van der Waals surface area contributed by atoms with Crippen LogP contribution in [0.15, 0.2) is 41.3 Å². The van der Waals surface area contributed by atoms with Crippen molar-refractivity contribution in [3.8, 4) is 5.75 Å². The van der Waals surface area contributed by atoms with E-state index >= 15 is 0 Å². The largest absolute Gasteiger partial charge is 0.482 e. The molecular weight excluding hydrogens is 517 g/mol. The number of sulfonamides is 1. The fourth-order valence-corrected chi connectivity index (χ4v) is 6.50. The highest BCUT2D eigenvalue weighted by Crippen LogP contribution is 2.30. The second-order valence-corrected chi connectivity index (χ2v) is 12.5. The van der Waals surface area contributed by atoms with Gasteiger partial charge in [0, 0.05) is 18.1 Å². The molecule has 0 bridgehead atoms. The Hall–Kier alpha value is -1.91. The molecule has 184 valence electrons. The Morgan fingerprint density at radius 1 is 1.09 bits per heavy atom. The molecule has 1 N–H and O–H groups in total. The summed E-state index contributed by atoms with van der Waals surface area (Å²) in [7, 11) is -3.66. The number of halogens is 2. The number of nitrogens with zero attached hydrogens (tertiary/aromatic N) is 2. The summed E-state index contributed by atoms with van der Waals surface area (Å²) < 4.78 is 34.2. The number of hydrogen-bond acceptors (Lipinski definition) is 6. The van der Waals surface area contributed by atoms with Crippen LogP contribution in [0.1, 0.15) is 27.7 Å². The van der Waals surface area contributed by atoms with Crippen LogP contribution in [0.25, 0.3) is 10.2 Å². The van der Waals surface area contributed by atoms with Crippen LogP contribution in [-0.2, 0) is 14.8 Å². The monoisotopic (exact) mass is 543 g/mol. The molecule has 0 aliphatic rings. The van der Waals surface area contributed by atoms with E-state index in [1.54, 1.807) is 30.3 Å². The number of thiazole rings is 1. The molecule has 0 atom stereocenters. The molecule has 0 unspecified atom stereocenters. The van der Waals surface area contributed by atoms with Crippen LogP contribution in [0.5, 0.6) is 5.75 Å². The van der Waals surface area contributed by atoms with Gasteiger partial charge in [0.1, 0.15) is 5.75 Å². The quantitative estimate of drug-likeness (QED) is 0.342. The third kappa shape index (κ3) is 6.82. The summed E-state index contributed by atoms with van der Waals surface area (Å²) in [6, 6.07) is 9.54. The normalized spacial score (nSPS) is 12.1. The molecule has 11 heteroatoms. The lowest BCUT2D eigenvalue weighted by Gasteiger charge is -2.25. The van der Waals surface area contributed by atoms with Crippen LogP contribution >= 0.6 is 34.5 Å². The molecule has 0 aliphatic heterocycles. The molecule has 0 spiro atoms. The molecule has 1 aromatic heterocycles. The maximum absolute atomic E-state index is 13.3. The first kappa shape index (κ1) is 26.7. The van der Waals surface area contributed by atoms with Crippen LogP contribution in [-0.4, -0.2) is 43.3 Å². The molecule has 0 radical (unpaired) electrons. The molecule has 1 amide bonds. The predicted octanol–water partition coefficient (Wildman–Crippen LogP) is 5.92. The Balaban J connectivity index is 1.74. The number of fused-ring (bicyclic) bond motifs is 1. The van der Waals surface area contributed by atoms with E-state index in [4.69, 9.17) is 27.9 Å². The minimum Gasteiger partial charge on any atom is -0.482 e. The van der Waals surface area contributed by atoms with Crippen molar-refractivity contribution in [3.63, 3.8) is 0 Å². The first-order valence-electron chi connectivity index (χ1n) is 10.7. The van der Waals surface area contributed by atoms with Crippen molar-refractivity contribution in [2.75, 3.05) is 25.0 Å². The zero-order valence-electron chi connectivity index (χ0n) is 19.3. The summed E-state index contributed by atoms with van der Waals surface area (Å²) >= 11 is 13.1. The number of hydrogen-bond donors (Lipinski definition) is 1. The standard InChI is InChI=1S/C23H27Cl2N3O4S2/c1-14(2)11-28(12-15(3)4)34(30,31)17-6-7-19-21(10-17)33-23(26-19)27-22(29)13-32-20-8-5-16(24)9-18(20)25/h5-10,14-15H,11-13H2,1-4H3,(H,26,27,29). The number of aromatic nitrogens is 1. The molecular formula is C23H27Cl2N3O4S2. The second kappa shape index (κ2) is 11.2. The van der Waals surface area contributed by atoms with Crippen LogP contribution in [0.3, 0.4) is 0 Å². The molecule has 3 rings (SSSR count). The van der Waals surface area contributed by atoms with E-state index in [2.05, 4.69) is 10.3 Å². The molecule has 0 saturated carbocycles. The van der Waals surface area contributed by atoms with E-state index in [0.29, 0.717) is 44.2 Å². The highest BCUT2D eigenvalue weighted by Gasteiger charge is 2.26. The topological polar surface area (TPSA) is 88.6 Å². The van der Waals surface area contributed by atoms with Crippen molar-refractivity contribution in [2.24, 2.45) is 11.8 Å². The smallest absolute Gasteiger partial charge is 0.264 e. The van der Waals surface area contributed by atoms with Gasteiger partial charge in [0.05, 0.1) is 20.1 Å². The third-order valence-corrected chi connectivity index (χ3v) is 7.93. The molecule has 1 heterocycles. The number of amides is 1. The van der Waals surface area contributed by atoms with Gasteiger partial charge in [-0.2, -0.15) is 4.31 Å². The maximum atomic E-state index is 13.3.